The van der Waals surface area contributed by atoms with Crippen molar-refractivity contribution in [2.75, 3.05) is 30.3 Å². The van der Waals surface area contributed by atoms with Crippen LogP contribution in [-0.2, 0) is 14.4 Å². The van der Waals surface area contributed by atoms with Gasteiger partial charge >= 0.3 is 0 Å². The van der Waals surface area contributed by atoms with E-state index in [2.05, 4.69) is 59.2 Å². The zero-order valence-electron chi connectivity index (χ0n) is 15.3. The quantitative estimate of drug-likeness (QED) is 0.135. The van der Waals surface area contributed by atoms with Crippen molar-refractivity contribution in [1.82, 2.24) is 21.3 Å². The van der Waals surface area contributed by atoms with Crippen LogP contribution in [0.1, 0.15) is 20.8 Å². The Morgan fingerprint density at radius 2 is 1.35 bits per heavy atom. The first-order valence-electron chi connectivity index (χ1n) is 8.07. The molecule has 3 atom stereocenters. The van der Waals surface area contributed by atoms with Gasteiger partial charge in [-0.2, -0.15) is 37.9 Å². The topological polar surface area (TPSA) is 151 Å². The predicted octanol–water partition coefficient (Wildman–Crippen LogP) is -2.18. The Morgan fingerprint density at radius 3 is 1.73 bits per heavy atom. The number of rotatable bonds is 11. The average molecular weight is 427 g/mol. The highest BCUT2D eigenvalue weighted by molar-refractivity contribution is 7.80. The van der Waals surface area contributed by atoms with Crippen molar-refractivity contribution >= 4 is 55.6 Å². The zero-order chi connectivity index (χ0) is 20.6. The third kappa shape index (κ3) is 6.20. The van der Waals surface area contributed by atoms with Gasteiger partial charge in [0.15, 0.2) is 11.3 Å². The second kappa shape index (κ2) is 10.6. The van der Waals surface area contributed by atoms with Gasteiger partial charge in [-0.15, -0.1) is 0 Å². The average Bonchev–Trinajstić information content (AvgIpc) is 2.61. The Labute approximate surface area is 170 Å². The molecule has 12 heteroatoms. The van der Waals surface area contributed by atoms with Crippen LogP contribution in [0.15, 0.2) is 0 Å². The van der Waals surface area contributed by atoms with E-state index in [1.54, 1.807) is 13.8 Å². The van der Waals surface area contributed by atoms with Gasteiger partial charge in [0.05, 0.1) is 0 Å². The Hall–Kier alpha value is -0.660. The van der Waals surface area contributed by atoms with Crippen LogP contribution in [0.25, 0.3) is 0 Å². The van der Waals surface area contributed by atoms with Crippen LogP contribution in [0.5, 0.6) is 0 Å². The molecular formula is C14H30N6O3S3. The molecule has 0 radical (unpaired) electrons. The van der Waals surface area contributed by atoms with Crippen molar-refractivity contribution in [3.05, 3.63) is 0 Å². The number of carbonyl (C=O) groups is 3. The summed E-state index contributed by atoms with van der Waals surface area (Å²) in [6.45, 7) is 5.72. The summed E-state index contributed by atoms with van der Waals surface area (Å²) in [5, 5.41) is 10.3. The smallest absolute Gasteiger partial charge is 0.261 e. The number of likely N-dealkylation sites (N-methyl/N-ethyl adjacent to an activating group) is 2. The molecule has 9 nitrogen and oxygen atoms in total. The zero-order valence-corrected chi connectivity index (χ0v) is 17.9. The second-order valence-corrected chi connectivity index (χ2v) is 7.00. The lowest BCUT2D eigenvalue weighted by Gasteiger charge is -2.36. The lowest BCUT2D eigenvalue weighted by atomic mass is 10.0. The number of nitrogens with two attached hydrogens (primary N) is 2. The Bertz CT molecular complexity index is 526. The third-order valence-corrected chi connectivity index (χ3v) is 5.31. The maximum Gasteiger partial charge on any atom is 0.261 e. The Kier molecular flexibility index (Phi) is 10.3. The number of nitrogens with one attached hydrogen (secondary N) is 4. The number of carbonyl (C=O) groups excluding carboxylic acids is 3. The molecule has 0 aliphatic carbocycles. The van der Waals surface area contributed by atoms with E-state index in [1.807, 2.05) is 0 Å². The summed E-state index contributed by atoms with van der Waals surface area (Å²) >= 11 is 12.3. The molecule has 0 saturated heterocycles. The first kappa shape index (κ1) is 25.3. The fourth-order valence-corrected chi connectivity index (χ4v) is 2.58. The molecule has 8 N–H and O–H groups in total. The summed E-state index contributed by atoms with van der Waals surface area (Å²) in [7, 11) is 0. The van der Waals surface area contributed by atoms with Gasteiger partial charge in [0.2, 0.25) is 5.91 Å². The van der Waals surface area contributed by atoms with Crippen LogP contribution < -0.4 is 32.7 Å². The predicted molar refractivity (Wildman–Crippen MR) is 112 cm³/mol. The molecule has 26 heavy (non-hydrogen) atoms. The van der Waals surface area contributed by atoms with Gasteiger partial charge in [0.25, 0.3) is 11.8 Å². The van der Waals surface area contributed by atoms with E-state index in [4.69, 9.17) is 11.5 Å². The molecule has 0 spiro atoms. The molecule has 0 bridgehead atoms. The van der Waals surface area contributed by atoms with E-state index >= 15 is 0 Å². The summed E-state index contributed by atoms with van der Waals surface area (Å²) < 4.78 is 0. The van der Waals surface area contributed by atoms with E-state index in [9.17, 15) is 14.4 Å². The van der Waals surface area contributed by atoms with Crippen LogP contribution >= 0.6 is 37.9 Å². The SMILES string of the molecule is CCNC(=O)C(N)(CS)NC(=O)[C@](C)(CS)NC(=O)[C@](N)(CS)NCC. The van der Waals surface area contributed by atoms with E-state index in [0.717, 1.165) is 0 Å². The Balaban J connectivity index is 5.43. The molecule has 0 heterocycles. The van der Waals surface area contributed by atoms with Crippen molar-refractivity contribution in [1.29, 1.82) is 0 Å². The molecule has 0 aliphatic heterocycles. The van der Waals surface area contributed by atoms with Crippen LogP contribution in [0.3, 0.4) is 0 Å². The number of thiol groups is 3. The molecule has 0 rings (SSSR count). The second-order valence-electron chi connectivity index (χ2n) is 6.05. The van der Waals surface area contributed by atoms with E-state index in [1.165, 1.54) is 6.92 Å². The lowest BCUT2D eigenvalue weighted by molar-refractivity contribution is -0.138. The molecular weight excluding hydrogens is 396 g/mol. The molecule has 0 saturated carbocycles. The van der Waals surface area contributed by atoms with Gasteiger partial charge in [-0.25, -0.2) is 0 Å². The highest BCUT2D eigenvalue weighted by Crippen LogP contribution is 2.12. The molecule has 152 valence electrons. The van der Waals surface area contributed by atoms with Crippen molar-refractivity contribution in [3.8, 4) is 0 Å². The minimum atomic E-state index is -1.74. The first-order valence-corrected chi connectivity index (χ1v) is 9.97. The van der Waals surface area contributed by atoms with Crippen molar-refractivity contribution in [3.63, 3.8) is 0 Å². The van der Waals surface area contributed by atoms with Crippen LogP contribution in [0.4, 0.5) is 0 Å². The molecule has 0 aliphatic rings. The minimum Gasteiger partial charge on any atom is -0.353 e. The molecule has 0 fully saturated rings. The van der Waals surface area contributed by atoms with Crippen LogP contribution in [0, 0.1) is 0 Å². The van der Waals surface area contributed by atoms with Crippen molar-refractivity contribution in [2.45, 2.75) is 37.6 Å². The summed E-state index contributed by atoms with van der Waals surface area (Å²) in [5.41, 5.74) is 7.28. The Morgan fingerprint density at radius 1 is 0.808 bits per heavy atom. The number of hydrogen-bond acceptors (Lipinski definition) is 9. The summed E-state index contributed by atoms with van der Waals surface area (Å²) in [6, 6.07) is 0. The van der Waals surface area contributed by atoms with E-state index in [-0.39, 0.29) is 17.3 Å². The lowest BCUT2D eigenvalue weighted by Crippen LogP contribution is -2.74. The maximum absolute atomic E-state index is 12.7. The maximum atomic E-state index is 12.7. The van der Waals surface area contributed by atoms with Crippen molar-refractivity contribution < 1.29 is 14.4 Å². The molecule has 0 aromatic heterocycles. The third-order valence-electron chi connectivity index (χ3n) is 3.68. The normalized spacial score (nSPS) is 18.0. The molecule has 0 aromatic carbocycles. The van der Waals surface area contributed by atoms with Gasteiger partial charge < -0.3 is 27.4 Å². The fourth-order valence-electron chi connectivity index (χ4n) is 1.88. The number of hydrogen-bond donors (Lipinski definition) is 9. The number of amides is 3. The van der Waals surface area contributed by atoms with Gasteiger partial charge in [-0.1, -0.05) is 6.92 Å². The monoisotopic (exact) mass is 426 g/mol. The highest BCUT2D eigenvalue weighted by Gasteiger charge is 2.44. The van der Waals surface area contributed by atoms with Gasteiger partial charge in [-0.3, -0.25) is 19.7 Å². The van der Waals surface area contributed by atoms with Gasteiger partial charge in [0, 0.05) is 23.8 Å². The van der Waals surface area contributed by atoms with E-state index < -0.39 is 34.6 Å². The van der Waals surface area contributed by atoms with Gasteiger partial charge in [-0.05, 0) is 20.4 Å². The summed E-state index contributed by atoms with van der Waals surface area (Å²) in [4.78, 5) is 37.4. The van der Waals surface area contributed by atoms with Crippen LogP contribution in [-0.4, -0.2) is 64.9 Å². The molecule has 3 amide bonds. The summed E-state index contributed by atoms with van der Waals surface area (Å²) in [6.07, 6.45) is 0. The van der Waals surface area contributed by atoms with Crippen molar-refractivity contribution in [2.24, 2.45) is 11.5 Å². The van der Waals surface area contributed by atoms with Crippen LogP contribution in [0.2, 0.25) is 0 Å². The molecule has 0 aromatic rings. The van der Waals surface area contributed by atoms with Gasteiger partial charge in [0.1, 0.15) is 5.54 Å². The summed E-state index contributed by atoms with van der Waals surface area (Å²) in [5.74, 6) is -2.11. The molecule has 1 unspecified atom stereocenters. The fraction of sp³-hybridized carbons (Fsp3) is 0.786. The highest BCUT2D eigenvalue weighted by atomic mass is 32.1. The van der Waals surface area contributed by atoms with E-state index in [0.29, 0.717) is 13.1 Å². The largest absolute Gasteiger partial charge is 0.353 e. The minimum absolute atomic E-state index is 0.00726. The standard InChI is InChI=1S/C14H30N6O3S3/c1-4-17-10(22)14(16,8-26)20-9(21)12(3,6-24)19-11(23)13(15,7-25)18-5-2/h18,24-26H,4-8,15-16H2,1-3H3,(H,17,22)(H,19,23)(H,20,21)/t12-,13-,14?/m0/s1. The first-order chi connectivity index (χ1) is 12.0.